The van der Waals surface area contributed by atoms with Gasteiger partial charge >= 0.3 is 0 Å². The maximum absolute atomic E-state index is 11.8. The van der Waals surface area contributed by atoms with Crippen LogP contribution in [-0.4, -0.2) is 29.8 Å². The van der Waals surface area contributed by atoms with E-state index in [1.807, 2.05) is 20.8 Å². The van der Waals surface area contributed by atoms with Crippen LogP contribution in [0.3, 0.4) is 0 Å². The molecule has 4 nitrogen and oxygen atoms in total. The van der Waals surface area contributed by atoms with E-state index in [1.54, 1.807) is 18.2 Å². The maximum Gasteiger partial charge on any atom is 0.250 e. The molecule has 0 aliphatic rings. The SMILES string of the molecule is CC(C)(C)OCC(=O)Nc1cc(C#CCCO)ccc1Cl. The minimum Gasteiger partial charge on any atom is -0.395 e. The molecule has 0 saturated carbocycles. The highest BCUT2D eigenvalue weighted by atomic mass is 35.5. The molecule has 21 heavy (non-hydrogen) atoms. The summed E-state index contributed by atoms with van der Waals surface area (Å²) in [7, 11) is 0. The predicted molar refractivity (Wildman–Crippen MR) is 84.4 cm³/mol. The topological polar surface area (TPSA) is 58.6 Å². The van der Waals surface area contributed by atoms with Crippen molar-refractivity contribution >= 4 is 23.2 Å². The Kier molecular flexibility index (Phi) is 6.70. The third kappa shape index (κ3) is 7.14. The van der Waals surface area contributed by atoms with E-state index in [2.05, 4.69) is 17.2 Å². The van der Waals surface area contributed by atoms with Crippen LogP contribution in [0.1, 0.15) is 32.8 Å². The number of benzene rings is 1. The van der Waals surface area contributed by atoms with Crippen molar-refractivity contribution in [1.29, 1.82) is 0 Å². The average Bonchev–Trinajstić information content (AvgIpc) is 2.40. The molecule has 1 rings (SSSR count). The molecule has 0 radical (unpaired) electrons. The molecule has 1 aromatic rings. The number of ether oxygens (including phenoxy) is 1. The standard InChI is InChI=1S/C16H20ClNO3/c1-16(2,3)21-11-15(20)18-14-10-12(6-4-5-9-19)7-8-13(14)17/h7-8,10,19H,5,9,11H2,1-3H3,(H,18,20). The molecule has 1 aromatic carbocycles. The van der Waals surface area contributed by atoms with Crippen molar-refractivity contribution in [1.82, 2.24) is 0 Å². The first-order valence-electron chi connectivity index (χ1n) is 6.65. The van der Waals surface area contributed by atoms with E-state index in [4.69, 9.17) is 21.4 Å². The fourth-order valence-electron chi connectivity index (χ4n) is 1.39. The lowest BCUT2D eigenvalue weighted by Gasteiger charge is -2.19. The smallest absolute Gasteiger partial charge is 0.250 e. The zero-order chi connectivity index (χ0) is 15.9. The maximum atomic E-state index is 11.8. The summed E-state index contributed by atoms with van der Waals surface area (Å²) >= 11 is 6.05. The van der Waals surface area contributed by atoms with Gasteiger partial charge in [0.25, 0.3) is 0 Å². The monoisotopic (exact) mass is 309 g/mol. The normalized spacial score (nSPS) is 10.7. The Balaban J connectivity index is 2.72. The van der Waals surface area contributed by atoms with Crippen LogP contribution in [0.5, 0.6) is 0 Å². The number of carbonyl (C=O) groups is 1. The number of anilines is 1. The van der Waals surface area contributed by atoms with Crippen molar-refractivity contribution < 1.29 is 14.6 Å². The molecule has 0 heterocycles. The van der Waals surface area contributed by atoms with Gasteiger partial charge in [0, 0.05) is 12.0 Å². The minimum absolute atomic E-state index is 0.0221. The third-order valence-electron chi connectivity index (χ3n) is 2.35. The van der Waals surface area contributed by atoms with E-state index in [1.165, 1.54) is 0 Å². The highest BCUT2D eigenvalue weighted by Crippen LogP contribution is 2.22. The minimum atomic E-state index is -0.376. The Morgan fingerprint density at radius 3 is 2.76 bits per heavy atom. The largest absolute Gasteiger partial charge is 0.395 e. The number of halogens is 1. The van der Waals surface area contributed by atoms with Crippen LogP contribution >= 0.6 is 11.6 Å². The molecule has 0 aliphatic carbocycles. The molecular formula is C16H20ClNO3. The Hall–Kier alpha value is -1.54. The van der Waals surface area contributed by atoms with Crippen LogP contribution in [0.25, 0.3) is 0 Å². The summed E-state index contributed by atoms with van der Waals surface area (Å²) in [5.41, 5.74) is 0.841. The molecule has 0 aromatic heterocycles. The van der Waals surface area contributed by atoms with Crippen LogP contribution in [0.15, 0.2) is 18.2 Å². The fraction of sp³-hybridized carbons (Fsp3) is 0.438. The quantitative estimate of drug-likeness (QED) is 0.841. The van der Waals surface area contributed by atoms with Gasteiger partial charge in [0.1, 0.15) is 6.61 Å². The molecule has 1 amide bonds. The van der Waals surface area contributed by atoms with Gasteiger partial charge in [-0.2, -0.15) is 0 Å². The summed E-state index contributed by atoms with van der Waals surface area (Å²) in [6, 6.07) is 5.13. The van der Waals surface area contributed by atoms with Crippen molar-refractivity contribution in [2.75, 3.05) is 18.5 Å². The van der Waals surface area contributed by atoms with Crippen LogP contribution < -0.4 is 5.32 Å². The van der Waals surface area contributed by atoms with Gasteiger partial charge < -0.3 is 15.2 Å². The highest BCUT2D eigenvalue weighted by Gasteiger charge is 2.13. The highest BCUT2D eigenvalue weighted by molar-refractivity contribution is 6.33. The van der Waals surface area contributed by atoms with Crippen molar-refractivity contribution in [2.45, 2.75) is 32.8 Å². The first-order chi connectivity index (χ1) is 9.81. The Bertz CT molecular complexity index is 553. The van der Waals surface area contributed by atoms with Gasteiger partial charge in [-0.15, -0.1) is 0 Å². The lowest BCUT2D eigenvalue weighted by Crippen LogP contribution is -2.27. The Morgan fingerprint density at radius 2 is 2.14 bits per heavy atom. The molecule has 0 aliphatic heterocycles. The molecule has 2 N–H and O–H groups in total. The van der Waals surface area contributed by atoms with Crippen molar-refractivity contribution in [3.05, 3.63) is 28.8 Å². The summed E-state index contributed by atoms with van der Waals surface area (Å²) in [6.45, 7) is 5.62. The summed E-state index contributed by atoms with van der Waals surface area (Å²) < 4.78 is 5.40. The second-order valence-corrected chi connectivity index (χ2v) is 5.83. The van der Waals surface area contributed by atoms with Crippen LogP contribution in [0, 0.1) is 11.8 Å². The van der Waals surface area contributed by atoms with Gasteiger partial charge in [0.05, 0.1) is 22.9 Å². The molecule has 0 unspecified atom stereocenters. The lowest BCUT2D eigenvalue weighted by atomic mass is 10.2. The molecular weight excluding hydrogens is 290 g/mol. The molecule has 114 valence electrons. The Labute approximate surface area is 130 Å². The molecule has 0 spiro atoms. The number of rotatable bonds is 4. The number of aliphatic hydroxyl groups excluding tert-OH is 1. The number of hydrogen-bond acceptors (Lipinski definition) is 3. The van der Waals surface area contributed by atoms with Gasteiger partial charge in [-0.3, -0.25) is 4.79 Å². The Morgan fingerprint density at radius 1 is 1.43 bits per heavy atom. The first kappa shape index (κ1) is 17.5. The summed E-state index contributed by atoms with van der Waals surface area (Å²) in [6.07, 6.45) is 0.406. The number of hydrogen-bond donors (Lipinski definition) is 2. The summed E-state index contributed by atoms with van der Waals surface area (Å²) in [5, 5.41) is 11.8. The zero-order valence-electron chi connectivity index (χ0n) is 12.5. The van der Waals surface area contributed by atoms with E-state index in [-0.39, 0.29) is 24.7 Å². The van der Waals surface area contributed by atoms with Crippen LogP contribution in [0.4, 0.5) is 5.69 Å². The second-order valence-electron chi connectivity index (χ2n) is 5.42. The number of aliphatic hydroxyl groups is 1. The number of nitrogens with one attached hydrogen (secondary N) is 1. The van der Waals surface area contributed by atoms with Crippen molar-refractivity contribution in [3.8, 4) is 11.8 Å². The van der Waals surface area contributed by atoms with Crippen LogP contribution in [0.2, 0.25) is 5.02 Å². The van der Waals surface area contributed by atoms with Gasteiger partial charge in [0.2, 0.25) is 5.91 Å². The van der Waals surface area contributed by atoms with Gasteiger partial charge in [-0.05, 0) is 39.0 Å². The van der Waals surface area contributed by atoms with E-state index in [9.17, 15) is 4.79 Å². The van der Waals surface area contributed by atoms with Crippen molar-refractivity contribution in [3.63, 3.8) is 0 Å². The van der Waals surface area contributed by atoms with Gasteiger partial charge in [0.15, 0.2) is 0 Å². The lowest BCUT2D eigenvalue weighted by molar-refractivity contribution is -0.125. The van der Waals surface area contributed by atoms with E-state index >= 15 is 0 Å². The van der Waals surface area contributed by atoms with Gasteiger partial charge in [-0.25, -0.2) is 0 Å². The second kappa shape index (κ2) is 8.04. The molecule has 0 saturated heterocycles. The molecule has 5 heteroatoms. The molecule has 0 bridgehead atoms. The van der Waals surface area contributed by atoms with E-state index in [0.29, 0.717) is 17.1 Å². The zero-order valence-corrected chi connectivity index (χ0v) is 13.3. The number of amides is 1. The first-order valence-corrected chi connectivity index (χ1v) is 7.03. The summed E-state index contributed by atoms with van der Waals surface area (Å²) in [5.74, 6) is 5.44. The van der Waals surface area contributed by atoms with E-state index < -0.39 is 0 Å². The molecule has 0 atom stereocenters. The van der Waals surface area contributed by atoms with Gasteiger partial charge in [-0.1, -0.05) is 23.4 Å². The van der Waals surface area contributed by atoms with Crippen molar-refractivity contribution in [2.24, 2.45) is 0 Å². The predicted octanol–water partition coefficient (Wildman–Crippen LogP) is 2.83. The fourth-order valence-corrected chi connectivity index (χ4v) is 1.55. The molecule has 0 fully saturated rings. The number of carbonyl (C=O) groups excluding carboxylic acids is 1. The average molecular weight is 310 g/mol. The van der Waals surface area contributed by atoms with Crippen LogP contribution in [-0.2, 0) is 9.53 Å². The van der Waals surface area contributed by atoms with E-state index in [0.717, 1.165) is 5.56 Å². The summed E-state index contributed by atoms with van der Waals surface area (Å²) in [4.78, 5) is 11.8. The third-order valence-corrected chi connectivity index (χ3v) is 2.68.